The van der Waals surface area contributed by atoms with E-state index in [1.54, 1.807) is 24.7 Å². The Kier molecular flexibility index (Phi) is 6.64. The Morgan fingerprint density at radius 3 is 1.29 bits per heavy atom. The second kappa shape index (κ2) is 7.26. The fourth-order valence-corrected chi connectivity index (χ4v) is 4.37. The molecule has 0 radical (unpaired) electrons. The van der Waals surface area contributed by atoms with Crippen LogP contribution < -0.4 is 0 Å². The molecule has 2 aromatic rings. The molecular formula is C21H27Cl2Zr. The average Bonchev–Trinajstić information content (AvgIpc) is 2.70. The van der Waals surface area contributed by atoms with Gasteiger partial charge in [0.2, 0.25) is 0 Å². The molecule has 0 aromatic heterocycles. The fourth-order valence-electron chi connectivity index (χ4n) is 3.19. The van der Waals surface area contributed by atoms with E-state index >= 15 is 0 Å². The molecule has 0 saturated heterocycles. The molecule has 0 bridgehead atoms. The maximum absolute atomic E-state index is 2.45. The third kappa shape index (κ3) is 3.84. The molecule has 2 aromatic carbocycles. The Bertz CT molecular complexity index is 673. The summed E-state index contributed by atoms with van der Waals surface area (Å²) < 4.78 is 0.585. The topological polar surface area (TPSA) is 0 Å². The van der Waals surface area contributed by atoms with Gasteiger partial charge in [-0.1, -0.05) is 0 Å². The van der Waals surface area contributed by atoms with E-state index in [0.717, 1.165) is 0 Å². The molecule has 0 unspecified atom stereocenters. The third-order valence-corrected chi connectivity index (χ3v) is 6.28. The molecule has 1 aliphatic carbocycles. The fraction of sp³-hybridized carbons (Fsp3) is 0.429. The van der Waals surface area contributed by atoms with Crippen molar-refractivity contribution in [2.24, 2.45) is 0 Å². The van der Waals surface area contributed by atoms with E-state index in [4.69, 9.17) is 0 Å². The van der Waals surface area contributed by atoms with Crippen LogP contribution in [0.25, 0.3) is 11.1 Å². The predicted molar refractivity (Wildman–Crippen MR) is 106 cm³/mol. The van der Waals surface area contributed by atoms with Gasteiger partial charge in [-0.05, 0) is 0 Å². The molecule has 1 aliphatic rings. The second-order valence-corrected chi connectivity index (χ2v) is 9.96. The Morgan fingerprint density at radius 1 is 0.667 bits per heavy atom. The first-order chi connectivity index (χ1) is 10.1. The van der Waals surface area contributed by atoms with E-state index in [2.05, 4.69) is 77.9 Å². The van der Waals surface area contributed by atoms with Gasteiger partial charge in [0.05, 0.1) is 0 Å². The van der Waals surface area contributed by atoms with Crippen LogP contribution >= 0.6 is 24.8 Å². The van der Waals surface area contributed by atoms with Crippen LogP contribution in [0.15, 0.2) is 36.4 Å². The van der Waals surface area contributed by atoms with Gasteiger partial charge in [0.1, 0.15) is 0 Å². The number of rotatable bonds is 0. The molecule has 0 saturated carbocycles. The van der Waals surface area contributed by atoms with E-state index in [1.807, 2.05) is 0 Å². The van der Waals surface area contributed by atoms with Gasteiger partial charge >= 0.3 is 150 Å². The van der Waals surface area contributed by atoms with Crippen LogP contribution in [-0.4, -0.2) is 0 Å². The molecule has 0 atom stereocenters. The van der Waals surface area contributed by atoms with Crippen molar-refractivity contribution in [3.63, 3.8) is 0 Å². The van der Waals surface area contributed by atoms with Crippen LogP contribution in [0.4, 0.5) is 0 Å². The van der Waals surface area contributed by atoms with Crippen LogP contribution in [0.1, 0.15) is 67.4 Å². The molecule has 0 amide bonds. The minimum absolute atomic E-state index is 0. The normalized spacial score (nSPS) is 13.5. The van der Waals surface area contributed by atoms with E-state index in [0.29, 0.717) is 3.63 Å². The summed E-state index contributed by atoms with van der Waals surface area (Å²) in [6.45, 7) is 13.8. The first-order valence-corrected chi connectivity index (χ1v) is 9.51. The first kappa shape index (κ1) is 21.9. The van der Waals surface area contributed by atoms with Crippen molar-refractivity contribution in [1.29, 1.82) is 0 Å². The Balaban J connectivity index is 0.00000144. The summed E-state index contributed by atoms with van der Waals surface area (Å²) in [5, 5.41) is 0. The van der Waals surface area contributed by atoms with Crippen molar-refractivity contribution < 1.29 is 24.7 Å². The third-order valence-electron chi connectivity index (χ3n) is 4.75. The summed E-state index contributed by atoms with van der Waals surface area (Å²) in [6, 6.07) is 14.2. The van der Waals surface area contributed by atoms with Gasteiger partial charge in [0.15, 0.2) is 0 Å². The van der Waals surface area contributed by atoms with Gasteiger partial charge in [-0.25, -0.2) is 0 Å². The predicted octanol–water partition coefficient (Wildman–Crippen LogP) is 6.74. The number of fused-ring (bicyclic) bond motifs is 3. The summed E-state index contributed by atoms with van der Waals surface area (Å²) in [7, 11) is 0. The Morgan fingerprint density at radius 2 is 1.00 bits per heavy atom. The molecule has 0 N–H and O–H groups in total. The van der Waals surface area contributed by atoms with Crippen molar-refractivity contribution in [2.45, 2.75) is 56.0 Å². The zero-order valence-electron chi connectivity index (χ0n) is 15.4. The van der Waals surface area contributed by atoms with Crippen LogP contribution in [0.2, 0.25) is 0 Å². The molecule has 0 nitrogen and oxygen atoms in total. The zero-order chi connectivity index (χ0) is 16.3. The van der Waals surface area contributed by atoms with Crippen molar-refractivity contribution in [3.05, 3.63) is 58.7 Å². The summed E-state index contributed by atoms with van der Waals surface area (Å²) in [6.07, 6.45) is 0. The van der Waals surface area contributed by atoms with Gasteiger partial charge in [-0.15, -0.1) is 24.8 Å². The maximum atomic E-state index is 2.45. The van der Waals surface area contributed by atoms with Crippen LogP contribution in [-0.2, 0) is 35.5 Å². The number of hydrogen-bond acceptors (Lipinski definition) is 0. The molecular weight excluding hydrogens is 414 g/mol. The van der Waals surface area contributed by atoms with Gasteiger partial charge in [-0.2, -0.15) is 0 Å². The second-order valence-electron chi connectivity index (χ2n) is 8.54. The molecule has 24 heavy (non-hydrogen) atoms. The first-order valence-electron chi connectivity index (χ1n) is 8.09. The maximum Gasteiger partial charge on any atom is -0.147 e. The standard InChI is InChI=1S/C21H25.2ClH.Zr/c1-20(2,3)16-7-9-18-14(12-16)11-15-13-17(21(4,5)6)8-10-19(15)18;;;/h7-13H,1-6H3;2*1H;. The van der Waals surface area contributed by atoms with Crippen molar-refractivity contribution >= 4 is 24.8 Å². The monoisotopic (exact) mass is 439 g/mol. The summed E-state index contributed by atoms with van der Waals surface area (Å²) >= 11 is 1.59. The van der Waals surface area contributed by atoms with Crippen molar-refractivity contribution in [3.8, 4) is 11.1 Å². The minimum atomic E-state index is 0. The van der Waals surface area contributed by atoms with Gasteiger partial charge < -0.3 is 0 Å². The van der Waals surface area contributed by atoms with E-state index in [1.165, 1.54) is 33.4 Å². The molecule has 0 spiro atoms. The SMILES string of the molecule is CC(C)(C)c1ccc2c(c1)[CH]([Zr])c1cc(C(C)(C)C)ccc1-2.Cl.Cl. The minimum Gasteiger partial charge on any atom is -0.147 e. The summed E-state index contributed by atoms with van der Waals surface area (Å²) in [5.74, 6) is 0. The summed E-state index contributed by atoms with van der Waals surface area (Å²) in [4.78, 5) is 0. The van der Waals surface area contributed by atoms with Gasteiger partial charge in [0.25, 0.3) is 0 Å². The molecule has 0 aliphatic heterocycles. The van der Waals surface area contributed by atoms with E-state index < -0.39 is 0 Å². The molecule has 129 valence electrons. The average molecular weight is 442 g/mol. The zero-order valence-corrected chi connectivity index (χ0v) is 19.4. The quantitative estimate of drug-likeness (QED) is 0.425. The van der Waals surface area contributed by atoms with Crippen LogP contribution in [0.3, 0.4) is 0 Å². The molecule has 3 rings (SSSR count). The van der Waals surface area contributed by atoms with Crippen LogP contribution in [0.5, 0.6) is 0 Å². The number of benzene rings is 2. The Labute approximate surface area is 174 Å². The van der Waals surface area contributed by atoms with Gasteiger partial charge in [-0.3, -0.25) is 0 Å². The molecule has 3 heteroatoms. The van der Waals surface area contributed by atoms with Gasteiger partial charge in [0, 0.05) is 0 Å². The molecule has 0 heterocycles. The number of halogens is 2. The molecule has 0 fully saturated rings. The number of hydrogen-bond donors (Lipinski definition) is 0. The van der Waals surface area contributed by atoms with Crippen LogP contribution in [0, 0.1) is 0 Å². The largest absolute Gasteiger partial charge is 0.147 e. The smallest absolute Gasteiger partial charge is 0.147 e. The van der Waals surface area contributed by atoms with Crippen molar-refractivity contribution in [1.82, 2.24) is 0 Å². The summed E-state index contributed by atoms with van der Waals surface area (Å²) in [5.41, 5.74) is 9.30. The van der Waals surface area contributed by atoms with E-state index in [9.17, 15) is 0 Å². The van der Waals surface area contributed by atoms with E-state index in [-0.39, 0.29) is 35.6 Å². The van der Waals surface area contributed by atoms with Crippen molar-refractivity contribution in [2.75, 3.05) is 0 Å². The Hall–Kier alpha value is -0.0969.